The van der Waals surface area contributed by atoms with Crippen molar-refractivity contribution in [1.82, 2.24) is 14.9 Å². The molecular weight excluding hydrogens is 306 g/mol. The molecule has 2 aromatic heterocycles. The maximum atomic E-state index is 9.44. The van der Waals surface area contributed by atoms with E-state index >= 15 is 0 Å². The molecule has 1 saturated heterocycles. The lowest BCUT2D eigenvalue weighted by Crippen LogP contribution is -2.53. The molecule has 0 aromatic carbocycles. The number of piperazine rings is 1. The Morgan fingerprint density at radius 1 is 1.29 bits per heavy atom. The molecule has 3 rings (SSSR count). The number of hydrogen-bond acceptors (Lipinski definition) is 7. The van der Waals surface area contributed by atoms with Crippen molar-refractivity contribution in [2.45, 2.75) is 32.9 Å². The summed E-state index contributed by atoms with van der Waals surface area (Å²) in [4.78, 5) is 13.1. The first-order chi connectivity index (χ1) is 11.5. The molecule has 0 spiro atoms. The second-order valence-electron chi connectivity index (χ2n) is 6.32. The Kier molecular flexibility index (Phi) is 5.01. The third kappa shape index (κ3) is 3.85. The van der Waals surface area contributed by atoms with Crippen LogP contribution in [0.25, 0.3) is 0 Å². The van der Waals surface area contributed by atoms with E-state index in [4.69, 9.17) is 10.2 Å². The molecule has 0 amide bonds. The van der Waals surface area contributed by atoms with Gasteiger partial charge in [-0.3, -0.25) is 4.90 Å². The van der Waals surface area contributed by atoms with Crippen LogP contribution >= 0.6 is 0 Å². The number of aromatic nitrogens is 2. The fourth-order valence-electron chi connectivity index (χ4n) is 3.24. The lowest BCUT2D eigenvalue weighted by molar-refractivity contribution is 0.126. The van der Waals surface area contributed by atoms with Crippen molar-refractivity contribution in [3.63, 3.8) is 0 Å². The summed E-state index contributed by atoms with van der Waals surface area (Å²) in [5.74, 6) is 3.05. The zero-order valence-electron chi connectivity index (χ0n) is 14.3. The average Bonchev–Trinajstić information content (AvgIpc) is 2.93. The minimum absolute atomic E-state index is 0.164. The number of aliphatic hydroxyl groups excluding tert-OH is 1. The lowest BCUT2D eigenvalue weighted by atomic mass is 10.1. The van der Waals surface area contributed by atoms with Gasteiger partial charge < -0.3 is 20.2 Å². The first kappa shape index (κ1) is 16.7. The van der Waals surface area contributed by atoms with Gasteiger partial charge >= 0.3 is 0 Å². The Morgan fingerprint density at radius 2 is 2.12 bits per heavy atom. The van der Waals surface area contributed by atoms with Crippen LogP contribution in [0.2, 0.25) is 0 Å². The molecule has 1 aliphatic rings. The van der Waals surface area contributed by atoms with E-state index in [-0.39, 0.29) is 12.6 Å². The number of nitrogens with zero attached hydrogens (tertiary/aromatic N) is 4. The highest BCUT2D eigenvalue weighted by Gasteiger charge is 2.28. The largest absolute Gasteiger partial charge is 0.465 e. The van der Waals surface area contributed by atoms with E-state index < -0.39 is 0 Å². The normalized spacial score (nSPS) is 19.0. The van der Waals surface area contributed by atoms with Crippen LogP contribution in [0.4, 0.5) is 11.8 Å². The molecule has 7 heteroatoms. The predicted octanol–water partition coefficient (Wildman–Crippen LogP) is 1.34. The zero-order valence-corrected chi connectivity index (χ0v) is 14.3. The molecule has 1 atom stereocenters. The molecule has 7 nitrogen and oxygen atoms in total. The van der Waals surface area contributed by atoms with E-state index in [2.05, 4.69) is 19.8 Å². The van der Waals surface area contributed by atoms with Crippen molar-refractivity contribution in [1.29, 1.82) is 0 Å². The predicted molar refractivity (Wildman–Crippen MR) is 92.7 cm³/mol. The molecule has 0 unspecified atom stereocenters. The van der Waals surface area contributed by atoms with Crippen molar-refractivity contribution in [2.24, 2.45) is 0 Å². The van der Waals surface area contributed by atoms with E-state index in [1.165, 1.54) is 0 Å². The van der Waals surface area contributed by atoms with Crippen LogP contribution in [0, 0.1) is 13.8 Å². The Bertz CT molecular complexity index is 667. The summed E-state index contributed by atoms with van der Waals surface area (Å²) in [6.07, 6.45) is 0.718. The van der Waals surface area contributed by atoms with E-state index in [0.717, 1.165) is 55.6 Å². The van der Waals surface area contributed by atoms with Crippen LogP contribution in [0.3, 0.4) is 0 Å². The monoisotopic (exact) mass is 331 g/mol. The van der Waals surface area contributed by atoms with Crippen LogP contribution in [0.15, 0.2) is 22.6 Å². The number of nitrogen functional groups attached to an aromatic ring is 1. The van der Waals surface area contributed by atoms with Crippen LogP contribution < -0.4 is 10.6 Å². The van der Waals surface area contributed by atoms with Crippen molar-refractivity contribution in [2.75, 3.05) is 36.9 Å². The Hall–Kier alpha value is -2.12. The Balaban J connectivity index is 1.72. The van der Waals surface area contributed by atoms with Gasteiger partial charge in [0, 0.05) is 44.0 Å². The Morgan fingerprint density at radius 3 is 2.79 bits per heavy atom. The molecular formula is C17H25N5O2. The molecule has 24 heavy (non-hydrogen) atoms. The van der Waals surface area contributed by atoms with Crippen LogP contribution in [-0.4, -0.2) is 52.3 Å². The van der Waals surface area contributed by atoms with Gasteiger partial charge in [0.05, 0.1) is 6.54 Å². The van der Waals surface area contributed by atoms with Gasteiger partial charge in [-0.1, -0.05) is 0 Å². The smallest absolute Gasteiger partial charge is 0.222 e. The van der Waals surface area contributed by atoms with Gasteiger partial charge in [-0.05, 0) is 32.4 Å². The molecule has 0 saturated carbocycles. The minimum Gasteiger partial charge on any atom is -0.465 e. The topological polar surface area (TPSA) is 91.7 Å². The van der Waals surface area contributed by atoms with Gasteiger partial charge in [0.2, 0.25) is 5.95 Å². The summed E-state index contributed by atoms with van der Waals surface area (Å²) in [5.41, 5.74) is 6.64. The van der Waals surface area contributed by atoms with Gasteiger partial charge in [0.15, 0.2) is 0 Å². The van der Waals surface area contributed by atoms with Crippen molar-refractivity contribution < 1.29 is 9.52 Å². The first-order valence-corrected chi connectivity index (χ1v) is 8.31. The molecule has 130 valence electrons. The number of nitrogens with two attached hydrogens (primary N) is 1. The third-order valence-corrected chi connectivity index (χ3v) is 4.40. The van der Waals surface area contributed by atoms with E-state index in [1.807, 2.05) is 32.0 Å². The summed E-state index contributed by atoms with van der Waals surface area (Å²) in [6, 6.07) is 6.20. The van der Waals surface area contributed by atoms with Gasteiger partial charge in [0.25, 0.3) is 0 Å². The number of anilines is 2. The fourth-order valence-corrected chi connectivity index (χ4v) is 3.24. The quantitative estimate of drug-likeness (QED) is 0.854. The second kappa shape index (κ2) is 7.19. The summed E-state index contributed by atoms with van der Waals surface area (Å²) in [5, 5.41) is 9.44. The van der Waals surface area contributed by atoms with Gasteiger partial charge in [0.1, 0.15) is 17.3 Å². The number of aliphatic hydroxyl groups is 1. The van der Waals surface area contributed by atoms with Gasteiger partial charge in [-0.25, -0.2) is 4.98 Å². The first-order valence-electron chi connectivity index (χ1n) is 8.31. The zero-order chi connectivity index (χ0) is 17.1. The highest BCUT2D eigenvalue weighted by Crippen LogP contribution is 2.22. The van der Waals surface area contributed by atoms with Gasteiger partial charge in [-0.15, -0.1) is 0 Å². The highest BCUT2D eigenvalue weighted by molar-refractivity contribution is 5.44. The molecule has 2 aromatic rings. The third-order valence-electron chi connectivity index (χ3n) is 4.40. The van der Waals surface area contributed by atoms with Crippen molar-refractivity contribution >= 4 is 11.8 Å². The molecule has 3 heterocycles. The highest BCUT2D eigenvalue weighted by atomic mass is 16.3. The minimum atomic E-state index is 0.164. The Labute approximate surface area is 142 Å². The maximum Gasteiger partial charge on any atom is 0.222 e. The standard InChI is InChI=1S/C17H25N5O2/c1-12-9-16(20-17(18)19-12)22-7-6-21(14(10-22)5-8-23)11-15-4-3-13(2)24-15/h3-4,9,14,23H,5-8,10-11H2,1-2H3,(H2,18,19,20)/t14-/m1/s1. The van der Waals surface area contributed by atoms with Crippen LogP contribution in [0.5, 0.6) is 0 Å². The fraction of sp³-hybridized carbons (Fsp3) is 0.529. The molecule has 3 N–H and O–H groups in total. The number of rotatable bonds is 5. The summed E-state index contributed by atoms with van der Waals surface area (Å²) < 4.78 is 5.70. The summed E-state index contributed by atoms with van der Waals surface area (Å²) in [7, 11) is 0. The number of hydrogen-bond donors (Lipinski definition) is 2. The van der Waals surface area contributed by atoms with Crippen LogP contribution in [-0.2, 0) is 6.54 Å². The van der Waals surface area contributed by atoms with Crippen LogP contribution in [0.1, 0.15) is 23.6 Å². The van der Waals surface area contributed by atoms with E-state index in [0.29, 0.717) is 5.95 Å². The van der Waals surface area contributed by atoms with Crippen molar-refractivity contribution in [3.8, 4) is 0 Å². The molecule has 0 aliphatic carbocycles. The van der Waals surface area contributed by atoms with Crippen molar-refractivity contribution in [3.05, 3.63) is 35.4 Å². The SMILES string of the molecule is Cc1cc(N2CCN(Cc3ccc(C)o3)[C@H](CCO)C2)nc(N)n1. The molecule has 1 aliphatic heterocycles. The van der Waals surface area contributed by atoms with E-state index in [1.54, 1.807) is 0 Å². The van der Waals surface area contributed by atoms with E-state index in [9.17, 15) is 5.11 Å². The lowest BCUT2D eigenvalue weighted by Gasteiger charge is -2.41. The summed E-state index contributed by atoms with van der Waals surface area (Å²) >= 11 is 0. The molecule has 1 fully saturated rings. The number of aryl methyl sites for hydroxylation is 2. The maximum absolute atomic E-state index is 9.44. The number of furan rings is 1. The van der Waals surface area contributed by atoms with Gasteiger partial charge in [-0.2, -0.15) is 4.98 Å². The second-order valence-corrected chi connectivity index (χ2v) is 6.32. The summed E-state index contributed by atoms with van der Waals surface area (Å²) in [6.45, 7) is 7.34. The average molecular weight is 331 g/mol. The molecule has 0 radical (unpaired) electrons. The molecule has 0 bridgehead atoms.